The van der Waals surface area contributed by atoms with E-state index in [0.717, 1.165) is 27.9 Å². The van der Waals surface area contributed by atoms with Crippen molar-refractivity contribution in [3.63, 3.8) is 0 Å². The van der Waals surface area contributed by atoms with Gasteiger partial charge >= 0.3 is 0 Å². The van der Waals surface area contributed by atoms with Gasteiger partial charge in [0, 0.05) is 29.5 Å². The van der Waals surface area contributed by atoms with Crippen LogP contribution in [0.2, 0.25) is 0 Å². The highest BCUT2D eigenvalue weighted by atomic mass is 79.9. The summed E-state index contributed by atoms with van der Waals surface area (Å²) in [5.74, 6) is 1.97. The molecule has 1 aromatic heterocycles. The van der Waals surface area contributed by atoms with Crippen molar-refractivity contribution in [3.05, 3.63) is 39.4 Å². The summed E-state index contributed by atoms with van der Waals surface area (Å²) in [5.41, 5.74) is 2.18. The summed E-state index contributed by atoms with van der Waals surface area (Å²) < 4.78 is 11.9. The van der Waals surface area contributed by atoms with Gasteiger partial charge in [0.25, 0.3) is 0 Å². The zero-order chi connectivity index (χ0) is 15.4. The van der Waals surface area contributed by atoms with Gasteiger partial charge in [-0.15, -0.1) is 0 Å². The number of hydrogen-bond acceptors (Lipinski definition) is 5. The average Bonchev–Trinajstić information content (AvgIpc) is 2.80. The molecule has 0 atom stereocenters. The van der Waals surface area contributed by atoms with Crippen LogP contribution in [-0.4, -0.2) is 16.2 Å². The van der Waals surface area contributed by atoms with Gasteiger partial charge in [-0.1, -0.05) is 34.9 Å². The monoisotopic (exact) mass is 353 g/mol. The maximum Gasteiger partial charge on any atom is 0.223 e. The van der Waals surface area contributed by atoms with Gasteiger partial charge in [-0.2, -0.15) is 4.98 Å². The minimum absolute atomic E-state index is 0.300. The molecule has 0 aliphatic carbocycles. The lowest BCUT2D eigenvalue weighted by Crippen LogP contribution is -2.22. The van der Waals surface area contributed by atoms with E-state index in [1.165, 1.54) is 0 Å². The molecule has 0 fully saturated rings. The molecule has 0 aliphatic heterocycles. The molecule has 0 radical (unpaired) electrons. The number of aromatic nitrogens is 2. The van der Waals surface area contributed by atoms with Crippen LogP contribution < -0.4 is 10.1 Å². The highest BCUT2D eigenvalue weighted by molar-refractivity contribution is 9.10. The van der Waals surface area contributed by atoms with E-state index in [1.807, 2.05) is 13.0 Å². The van der Waals surface area contributed by atoms with E-state index in [0.29, 0.717) is 24.4 Å². The summed E-state index contributed by atoms with van der Waals surface area (Å²) in [6, 6.07) is 4.52. The lowest BCUT2D eigenvalue weighted by molar-refractivity contribution is 0.280. The Morgan fingerprint density at radius 2 is 2.10 bits per heavy atom. The van der Waals surface area contributed by atoms with Crippen LogP contribution >= 0.6 is 15.9 Å². The molecule has 0 bridgehead atoms. The van der Waals surface area contributed by atoms with Crippen molar-refractivity contribution in [1.82, 2.24) is 15.5 Å². The zero-order valence-corrected chi connectivity index (χ0v) is 14.3. The summed E-state index contributed by atoms with van der Waals surface area (Å²) >= 11 is 3.53. The van der Waals surface area contributed by atoms with E-state index in [1.54, 1.807) is 6.92 Å². The first-order chi connectivity index (χ1) is 9.95. The fourth-order valence-electron chi connectivity index (χ4n) is 1.99. The molecule has 0 saturated heterocycles. The van der Waals surface area contributed by atoms with Crippen LogP contribution in [0.25, 0.3) is 0 Å². The molecule has 6 heteroatoms. The number of benzene rings is 1. The SMILES string of the molecule is Cc1nc(COc2c(C)cc(Br)cc2CNC(C)C)no1. The Bertz CT molecular complexity index is 611. The van der Waals surface area contributed by atoms with Crippen LogP contribution in [-0.2, 0) is 13.2 Å². The van der Waals surface area contributed by atoms with Crippen molar-refractivity contribution in [1.29, 1.82) is 0 Å². The fraction of sp³-hybridized carbons (Fsp3) is 0.467. The molecule has 114 valence electrons. The lowest BCUT2D eigenvalue weighted by Gasteiger charge is -2.16. The second-order valence-corrected chi connectivity index (χ2v) is 6.18. The molecular formula is C15H20BrN3O2. The number of nitrogens with one attached hydrogen (secondary N) is 1. The van der Waals surface area contributed by atoms with Crippen molar-refractivity contribution >= 4 is 15.9 Å². The standard InChI is InChI=1S/C15H20BrN3O2/c1-9(2)17-7-12-6-13(16)5-10(3)15(12)20-8-14-18-11(4)21-19-14/h5-6,9,17H,7-8H2,1-4H3. The number of nitrogens with zero attached hydrogens (tertiary/aromatic N) is 2. The second kappa shape index (κ2) is 7.04. The molecular weight excluding hydrogens is 334 g/mol. The van der Waals surface area contributed by atoms with Crippen LogP contribution in [0.1, 0.15) is 36.7 Å². The number of ether oxygens (including phenoxy) is 1. The molecule has 0 aliphatic rings. The third kappa shape index (κ3) is 4.54. The van der Waals surface area contributed by atoms with E-state index in [-0.39, 0.29) is 0 Å². The van der Waals surface area contributed by atoms with Gasteiger partial charge in [-0.3, -0.25) is 0 Å². The van der Waals surface area contributed by atoms with Crippen molar-refractivity contribution in [2.45, 2.75) is 46.9 Å². The molecule has 0 spiro atoms. The van der Waals surface area contributed by atoms with Crippen LogP contribution in [0.3, 0.4) is 0 Å². The summed E-state index contributed by atoms with van der Waals surface area (Å²) in [6.45, 7) is 9.08. The molecule has 2 aromatic rings. The number of hydrogen-bond donors (Lipinski definition) is 1. The highest BCUT2D eigenvalue weighted by Crippen LogP contribution is 2.28. The highest BCUT2D eigenvalue weighted by Gasteiger charge is 2.11. The van der Waals surface area contributed by atoms with E-state index >= 15 is 0 Å². The molecule has 21 heavy (non-hydrogen) atoms. The minimum Gasteiger partial charge on any atom is -0.485 e. The molecule has 1 aromatic carbocycles. The van der Waals surface area contributed by atoms with Crippen LogP contribution in [0.4, 0.5) is 0 Å². The average molecular weight is 354 g/mol. The smallest absolute Gasteiger partial charge is 0.223 e. The summed E-state index contributed by atoms with van der Waals surface area (Å²) in [6.07, 6.45) is 0. The van der Waals surface area contributed by atoms with Gasteiger partial charge in [-0.05, 0) is 24.6 Å². The number of halogens is 1. The maximum absolute atomic E-state index is 5.91. The van der Waals surface area contributed by atoms with Gasteiger partial charge in [0.1, 0.15) is 5.75 Å². The van der Waals surface area contributed by atoms with E-state index in [9.17, 15) is 0 Å². The van der Waals surface area contributed by atoms with Crippen molar-refractivity contribution in [3.8, 4) is 5.75 Å². The normalized spacial score (nSPS) is 11.1. The second-order valence-electron chi connectivity index (χ2n) is 5.26. The van der Waals surface area contributed by atoms with Crippen LogP contribution in [0.15, 0.2) is 21.1 Å². The first-order valence-corrected chi connectivity index (χ1v) is 7.69. The Morgan fingerprint density at radius 3 is 2.71 bits per heavy atom. The predicted molar refractivity (Wildman–Crippen MR) is 84.2 cm³/mol. The van der Waals surface area contributed by atoms with E-state index < -0.39 is 0 Å². The molecule has 0 saturated carbocycles. The van der Waals surface area contributed by atoms with Crippen molar-refractivity contribution in [2.75, 3.05) is 0 Å². The van der Waals surface area contributed by atoms with Gasteiger partial charge < -0.3 is 14.6 Å². The quantitative estimate of drug-likeness (QED) is 0.860. The molecule has 0 unspecified atom stereocenters. The van der Waals surface area contributed by atoms with Gasteiger partial charge in [0.05, 0.1) is 0 Å². The Morgan fingerprint density at radius 1 is 1.33 bits per heavy atom. The largest absolute Gasteiger partial charge is 0.485 e. The summed E-state index contributed by atoms with van der Waals surface area (Å²) in [4.78, 5) is 4.15. The number of rotatable bonds is 6. The summed E-state index contributed by atoms with van der Waals surface area (Å²) in [5, 5.41) is 7.25. The first kappa shape index (κ1) is 16.0. The van der Waals surface area contributed by atoms with Crippen molar-refractivity contribution < 1.29 is 9.26 Å². The van der Waals surface area contributed by atoms with Crippen LogP contribution in [0, 0.1) is 13.8 Å². The molecule has 1 N–H and O–H groups in total. The topological polar surface area (TPSA) is 60.2 Å². The molecule has 1 heterocycles. The van der Waals surface area contributed by atoms with E-state index in [4.69, 9.17) is 9.26 Å². The predicted octanol–water partition coefficient (Wildman–Crippen LogP) is 3.53. The lowest BCUT2D eigenvalue weighted by atomic mass is 10.1. The third-order valence-corrected chi connectivity index (χ3v) is 3.39. The third-order valence-electron chi connectivity index (χ3n) is 2.93. The Hall–Kier alpha value is -1.40. The fourth-order valence-corrected chi connectivity index (χ4v) is 2.61. The first-order valence-electron chi connectivity index (χ1n) is 6.90. The van der Waals surface area contributed by atoms with Crippen LogP contribution in [0.5, 0.6) is 5.75 Å². The van der Waals surface area contributed by atoms with Gasteiger partial charge in [-0.25, -0.2) is 0 Å². The minimum atomic E-state index is 0.300. The van der Waals surface area contributed by atoms with E-state index in [2.05, 4.69) is 51.3 Å². The summed E-state index contributed by atoms with van der Waals surface area (Å²) in [7, 11) is 0. The Kier molecular flexibility index (Phi) is 5.36. The molecule has 0 amide bonds. The Labute approximate surface area is 133 Å². The van der Waals surface area contributed by atoms with Gasteiger partial charge in [0.2, 0.25) is 11.7 Å². The molecule has 2 rings (SSSR count). The Balaban J connectivity index is 2.15. The maximum atomic E-state index is 5.91. The zero-order valence-electron chi connectivity index (χ0n) is 12.7. The van der Waals surface area contributed by atoms with Crippen molar-refractivity contribution in [2.24, 2.45) is 0 Å². The molecule has 5 nitrogen and oxygen atoms in total. The van der Waals surface area contributed by atoms with Gasteiger partial charge in [0.15, 0.2) is 6.61 Å². The number of aryl methyl sites for hydroxylation is 2.